The average Bonchev–Trinajstić information content (AvgIpc) is 2.18. The largest absolute Gasteiger partial charge is 0.489 e. The highest BCUT2D eigenvalue weighted by molar-refractivity contribution is 5.54. The zero-order valence-corrected chi connectivity index (χ0v) is 10.8. The first kappa shape index (κ1) is 13.8. The lowest BCUT2D eigenvalue weighted by Crippen LogP contribution is -2.22. The van der Waals surface area contributed by atoms with Gasteiger partial charge in [0.1, 0.15) is 18.2 Å². The van der Waals surface area contributed by atoms with Crippen molar-refractivity contribution in [3.05, 3.63) is 23.5 Å². The molecule has 0 amide bonds. The van der Waals surface area contributed by atoms with Crippen molar-refractivity contribution in [2.75, 3.05) is 18.9 Å². The van der Waals surface area contributed by atoms with E-state index in [4.69, 9.17) is 15.2 Å². The van der Waals surface area contributed by atoms with E-state index in [0.29, 0.717) is 30.2 Å². The molecule has 0 aliphatic heterocycles. The van der Waals surface area contributed by atoms with Crippen LogP contribution in [-0.4, -0.2) is 18.8 Å². The molecule has 0 atom stereocenters. The normalized spacial score (nSPS) is 11.6. The molecule has 4 heteroatoms. The molecule has 0 fully saturated rings. The lowest BCUT2D eigenvalue weighted by atomic mass is 10.2. The Labute approximate surface area is 102 Å². The molecule has 2 N–H and O–H groups in total. The van der Waals surface area contributed by atoms with E-state index in [-0.39, 0.29) is 11.4 Å². The van der Waals surface area contributed by atoms with Gasteiger partial charge in [-0.2, -0.15) is 0 Å². The van der Waals surface area contributed by atoms with E-state index in [0.717, 1.165) is 0 Å². The predicted molar refractivity (Wildman–Crippen MR) is 66.7 cm³/mol. The van der Waals surface area contributed by atoms with Crippen molar-refractivity contribution in [3.63, 3.8) is 0 Å². The highest BCUT2D eigenvalue weighted by Gasteiger charge is 2.10. The third-order valence-electron chi connectivity index (χ3n) is 2.17. The fourth-order valence-electron chi connectivity index (χ4n) is 1.29. The zero-order valence-electron chi connectivity index (χ0n) is 10.8. The number of aryl methyl sites for hydroxylation is 1. The van der Waals surface area contributed by atoms with E-state index < -0.39 is 0 Å². The van der Waals surface area contributed by atoms with Crippen molar-refractivity contribution >= 4 is 5.69 Å². The summed E-state index contributed by atoms with van der Waals surface area (Å²) in [7, 11) is 0. The first-order chi connectivity index (χ1) is 7.79. The summed E-state index contributed by atoms with van der Waals surface area (Å²) in [6, 6.07) is 2.87. The molecule has 0 radical (unpaired) electrons. The van der Waals surface area contributed by atoms with E-state index in [1.807, 2.05) is 20.8 Å². The third kappa shape index (κ3) is 4.61. The van der Waals surface area contributed by atoms with Crippen LogP contribution in [0, 0.1) is 12.7 Å². The Balaban J connectivity index is 2.50. The molecule has 0 heterocycles. The van der Waals surface area contributed by atoms with Crippen LogP contribution in [0.4, 0.5) is 10.1 Å². The highest BCUT2D eigenvalue weighted by Crippen LogP contribution is 2.24. The predicted octanol–water partition coefficient (Wildman–Crippen LogP) is 2.91. The van der Waals surface area contributed by atoms with Gasteiger partial charge >= 0.3 is 0 Å². The van der Waals surface area contributed by atoms with Gasteiger partial charge in [0.15, 0.2) is 0 Å². The van der Waals surface area contributed by atoms with Crippen LogP contribution in [0.1, 0.15) is 26.3 Å². The zero-order chi connectivity index (χ0) is 13.1. The minimum Gasteiger partial charge on any atom is -0.489 e. The third-order valence-corrected chi connectivity index (χ3v) is 2.17. The standard InChI is InChI=1S/C13H20FNO2/c1-9-7-12(11(15)8-10(9)14)16-5-6-17-13(2,3)4/h7-8H,5-6,15H2,1-4H3. The van der Waals surface area contributed by atoms with Gasteiger partial charge in [0.05, 0.1) is 17.9 Å². The van der Waals surface area contributed by atoms with Crippen LogP contribution >= 0.6 is 0 Å². The Morgan fingerprint density at radius 2 is 1.88 bits per heavy atom. The van der Waals surface area contributed by atoms with Crippen molar-refractivity contribution in [1.82, 2.24) is 0 Å². The highest BCUT2D eigenvalue weighted by atomic mass is 19.1. The number of nitrogen functional groups attached to an aromatic ring is 1. The second-order valence-corrected chi connectivity index (χ2v) is 4.95. The summed E-state index contributed by atoms with van der Waals surface area (Å²) < 4.78 is 24.1. The van der Waals surface area contributed by atoms with Crippen molar-refractivity contribution in [2.45, 2.75) is 33.3 Å². The molecular formula is C13H20FNO2. The number of rotatable bonds is 4. The summed E-state index contributed by atoms with van der Waals surface area (Å²) in [5, 5.41) is 0. The molecule has 0 aromatic heterocycles. The number of benzene rings is 1. The van der Waals surface area contributed by atoms with Crippen molar-refractivity contribution < 1.29 is 13.9 Å². The number of ether oxygens (including phenoxy) is 2. The molecule has 3 nitrogen and oxygen atoms in total. The van der Waals surface area contributed by atoms with Gasteiger partial charge in [-0.3, -0.25) is 0 Å². The number of hydrogen-bond acceptors (Lipinski definition) is 3. The minimum atomic E-state index is -0.319. The fraction of sp³-hybridized carbons (Fsp3) is 0.538. The lowest BCUT2D eigenvalue weighted by molar-refractivity contribution is -0.0162. The summed E-state index contributed by atoms with van der Waals surface area (Å²) in [4.78, 5) is 0. The van der Waals surface area contributed by atoms with Crippen molar-refractivity contribution in [2.24, 2.45) is 0 Å². The molecule has 1 rings (SSSR count). The summed E-state index contributed by atoms with van der Waals surface area (Å²) in [6.45, 7) is 8.47. The van der Waals surface area contributed by atoms with Crippen LogP contribution in [-0.2, 0) is 4.74 Å². The minimum absolute atomic E-state index is 0.187. The van der Waals surface area contributed by atoms with Crippen LogP contribution < -0.4 is 10.5 Å². The van der Waals surface area contributed by atoms with E-state index in [9.17, 15) is 4.39 Å². The molecule has 0 saturated heterocycles. The Kier molecular flexibility index (Phi) is 4.34. The quantitative estimate of drug-likeness (QED) is 0.651. The average molecular weight is 241 g/mol. The SMILES string of the molecule is Cc1cc(OCCOC(C)(C)C)c(N)cc1F. The first-order valence-corrected chi connectivity index (χ1v) is 5.62. The van der Waals surface area contributed by atoms with Crippen LogP contribution in [0.15, 0.2) is 12.1 Å². The molecule has 0 unspecified atom stereocenters. The maximum absolute atomic E-state index is 13.1. The second kappa shape index (κ2) is 5.36. The molecule has 0 spiro atoms. The van der Waals surface area contributed by atoms with Crippen molar-refractivity contribution in [1.29, 1.82) is 0 Å². The van der Waals surface area contributed by atoms with Gasteiger partial charge in [0.25, 0.3) is 0 Å². The molecule has 96 valence electrons. The molecule has 17 heavy (non-hydrogen) atoms. The summed E-state index contributed by atoms with van der Waals surface area (Å²) in [5.41, 5.74) is 6.29. The van der Waals surface area contributed by atoms with Gasteiger partial charge < -0.3 is 15.2 Å². The second-order valence-electron chi connectivity index (χ2n) is 4.95. The molecule has 0 bridgehead atoms. The smallest absolute Gasteiger partial charge is 0.142 e. The molecule has 1 aromatic rings. The summed E-state index contributed by atoms with van der Waals surface area (Å²) in [6.07, 6.45) is 0. The fourth-order valence-corrected chi connectivity index (χ4v) is 1.29. The maximum Gasteiger partial charge on any atom is 0.142 e. The van der Waals surface area contributed by atoms with E-state index >= 15 is 0 Å². The van der Waals surface area contributed by atoms with Gasteiger partial charge in [-0.1, -0.05) is 0 Å². The molecule has 0 aliphatic rings. The Morgan fingerprint density at radius 3 is 2.47 bits per heavy atom. The monoisotopic (exact) mass is 241 g/mol. The number of nitrogens with two attached hydrogens (primary N) is 1. The van der Waals surface area contributed by atoms with Crippen LogP contribution in [0.2, 0.25) is 0 Å². The van der Waals surface area contributed by atoms with Gasteiger partial charge in [0.2, 0.25) is 0 Å². The van der Waals surface area contributed by atoms with Crippen LogP contribution in [0.3, 0.4) is 0 Å². The van der Waals surface area contributed by atoms with E-state index in [2.05, 4.69) is 0 Å². The summed E-state index contributed by atoms with van der Waals surface area (Å²) >= 11 is 0. The lowest BCUT2D eigenvalue weighted by Gasteiger charge is -2.19. The van der Waals surface area contributed by atoms with E-state index in [1.54, 1.807) is 13.0 Å². The summed E-state index contributed by atoms with van der Waals surface area (Å²) in [5.74, 6) is 0.183. The number of anilines is 1. The van der Waals surface area contributed by atoms with E-state index in [1.165, 1.54) is 6.07 Å². The van der Waals surface area contributed by atoms with Gasteiger partial charge in [-0.05, 0) is 39.3 Å². The first-order valence-electron chi connectivity index (χ1n) is 5.62. The van der Waals surface area contributed by atoms with Crippen LogP contribution in [0.5, 0.6) is 5.75 Å². The number of halogens is 1. The molecule has 0 saturated carbocycles. The van der Waals surface area contributed by atoms with Gasteiger partial charge in [-0.25, -0.2) is 4.39 Å². The Hall–Kier alpha value is -1.29. The van der Waals surface area contributed by atoms with Gasteiger partial charge in [0, 0.05) is 6.07 Å². The molecule has 0 aliphatic carbocycles. The van der Waals surface area contributed by atoms with Crippen molar-refractivity contribution in [3.8, 4) is 5.75 Å². The Bertz CT molecular complexity index is 386. The topological polar surface area (TPSA) is 44.5 Å². The van der Waals surface area contributed by atoms with Gasteiger partial charge in [-0.15, -0.1) is 0 Å². The molecule has 1 aromatic carbocycles. The Morgan fingerprint density at radius 1 is 1.24 bits per heavy atom. The van der Waals surface area contributed by atoms with Crippen LogP contribution in [0.25, 0.3) is 0 Å². The number of hydrogen-bond donors (Lipinski definition) is 1. The molecular weight excluding hydrogens is 221 g/mol. The maximum atomic E-state index is 13.1.